The van der Waals surface area contributed by atoms with Gasteiger partial charge in [0.1, 0.15) is 0 Å². The SMILES string of the molecule is C/C(=N/N1CCN(Cc2ccc(C)cc2)CC1)c1cccc(Br)c1. The van der Waals surface area contributed by atoms with E-state index in [1.165, 1.54) is 16.7 Å². The molecule has 1 aliphatic rings. The van der Waals surface area contributed by atoms with Crippen molar-refractivity contribution in [1.82, 2.24) is 9.91 Å². The number of hydrazone groups is 1. The highest BCUT2D eigenvalue weighted by Crippen LogP contribution is 2.14. The van der Waals surface area contributed by atoms with E-state index in [1.54, 1.807) is 0 Å². The molecular weight excluding hydrogens is 362 g/mol. The molecule has 3 nitrogen and oxygen atoms in total. The number of aryl methyl sites for hydroxylation is 1. The monoisotopic (exact) mass is 385 g/mol. The van der Waals surface area contributed by atoms with Crippen molar-refractivity contribution in [2.45, 2.75) is 20.4 Å². The van der Waals surface area contributed by atoms with E-state index in [1.807, 2.05) is 6.07 Å². The minimum absolute atomic E-state index is 0.983. The van der Waals surface area contributed by atoms with Crippen molar-refractivity contribution in [1.29, 1.82) is 0 Å². The lowest BCUT2D eigenvalue weighted by atomic mass is 10.1. The van der Waals surface area contributed by atoms with E-state index < -0.39 is 0 Å². The minimum Gasteiger partial charge on any atom is -0.295 e. The van der Waals surface area contributed by atoms with Gasteiger partial charge in [0.25, 0.3) is 0 Å². The molecule has 0 N–H and O–H groups in total. The summed E-state index contributed by atoms with van der Waals surface area (Å²) in [5.41, 5.74) is 4.96. The zero-order valence-electron chi connectivity index (χ0n) is 14.4. The third-order valence-corrected chi connectivity index (χ3v) is 4.90. The minimum atomic E-state index is 0.983. The molecule has 2 aromatic rings. The maximum Gasteiger partial charge on any atom is 0.0647 e. The van der Waals surface area contributed by atoms with Crippen LogP contribution in [0.1, 0.15) is 23.6 Å². The van der Waals surface area contributed by atoms with Crippen molar-refractivity contribution >= 4 is 21.6 Å². The fourth-order valence-electron chi connectivity index (χ4n) is 2.93. The Morgan fingerprint density at radius 2 is 1.75 bits per heavy atom. The Labute approximate surface area is 153 Å². The van der Waals surface area contributed by atoms with E-state index >= 15 is 0 Å². The second-order valence-electron chi connectivity index (χ2n) is 6.41. The lowest BCUT2D eigenvalue weighted by molar-refractivity contribution is 0.130. The van der Waals surface area contributed by atoms with Gasteiger partial charge in [-0.3, -0.25) is 9.91 Å². The summed E-state index contributed by atoms with van der Waals surface area (Å²) >= 11 is 3.52. The van der Waals surface area contributed by atoms with E-state index in [4.69, 9.17) is 5.10 Å². The molecule has 1 saturated heterocycles. The normalized spacial score (nSPS) is 16.5. The molecule has 0 amide bonds. The predicted octanol–water partition coefficient (Wildman–Crippen LogP) is 4.30. The van der Waals surface area contributed by atoms with Gasteiger partial charge in [-0.05, 0) is 37.1 Å². The van der Waals surface area contributed by atoms with Crippen molar-refractivity contribution in [3.8, 4) is 0 Å². The Hall–Kier alpha value is -1.65. The standard InChI is InChI=1S/C20H24BrN3/c1-16-6-8-18(9-7-16)15-23-10-12-24(13-11-23)22-17(2)19-4-3-5-20(21)14-19/h3-9,14H,10-13,15H2,1-2H3/b22-17-. The first kappa shape index (κ1) is 17.2. The summed E-state index contributed by atoms with van der Waals surface area (Å²) in [4.78, 5) is 2.51. The smallest absolute Gasteiger partial charge is 0.0647 e. The van der Waals surface area contributed by atoms with Gasteiger partial charge in [0.2, 0.25) is 0 Å². The van der Waals surface area contributed by atoms with Crippen LogP contribution in [0.25, 0.3) is 0 Å². The molecule has 24 heavy (non-hydrogen) atoms. The largest absolute Gasteiger partial charge is 0.295 e. The van der Waals surface area contributed by atoms with Gasteiger partial charge in [0.15, 0.2) is 0 Å². The van der Waals surface area contributed by atoms with Crippen molar-refractivity contribution in [2.24, 2.45) is 5.10 Å². The lowest BCUT2D eigenvalue weighted by Gasteiger charge is -2.33. The predicted molar refractivity (Wildman–Crippen MR) is 104 cm³/mol. The molecule has 3 rings (SSSR count). The molecule has 0 aliphatic carbocycles. The van der Waals surface area contributed by atoms with Crippen LogP contribution in [0.4, 0.5) is 0 Å². The van der Waals surface area contributed by atoms with Crippen molar-refractivity contribution in [3.63, 3.8) is 0 Å². The van der Waals surface area contributed by atoms with Crippen LogP contribution in [0, 0.1) is 6.92 Å². The number of hydrogen-bond acceptors (Lipinski definition) is 3. The summed E-state index contributed by atoms with van der Waals surface area (Å²) in [5.74, 6) is 0. The summed E-state index contributed by atoms with van der Waals surface area (Å²) < 4.78 is 1.09. The Kier molecular flexibility index (Phi) is 5.69. The third kappa shape index (κ3) is 4.68. The summed E-state index contributed by atoms with van der Waals surface area (Å²) in [6, 6.07) is 17.2. The van der Waals surface area contributed by atoms with Crippen LogP contribution in [-0.2, 0) is 6.54 Å². The molecule has 4 heteroatoms. The van der Waals surface area contributed by atoms with Crippen molar-refractivity contribution in [2.75, 3.05) is 26.2 Å². The van der Waals surface area contributed by atoms with E-state index in [0.717, 1.165) is 42.9 Å². The van der Waals surface area contributed by atoms with Crippen molar-refractivity contribution in [3.05, 3.63) is 69.7 Å². The zero-order valence-corrected chi connectivity index (χ0v) is 16.0. The highest BCUT2D eigenvalue weighted by atomic mass is 79.9. The fourth-order valence-corrected chi connectivity index (χ4v) is 3.33. The van der Waals surface area contributed by atoms with Crippen LogP contribution < -0.4 is 0 Å². The van der Waals surface area contributed by atoms with Crippen LogP contribution in [0.5, 0.6) is 0 Å². The molecule has 0 bridgehead atoms. The maximum absolute atomic E-state index is 4.80. The molecule has 1 aliphatic heterocycles. The number of halogens is 1. The van der Waals surface area contributed by atoms with Gasteiger partial charge in [-0.15, -0.1) is 0 Å². The number of hydrogen-bond donors (Lipinski definition) is 0. The van der Waals surface area contributed by atoms with E-state index in [9.17, 15) is 0 Å². The molecule has 1 heterocycles. The van der Waals surface area contributed by atoms with Gasteiger partial charge in [0.05, 0.1) is 5.71 Å². The molecule has 0 atom stereocenters. The molecular formula is C20H24BrN3. The number of piperazine rings is 1. The van der Waals surface area contributed by atoms with E-state index in [0.29, 0.717) is 0 Å². The molecule has 1 fully saturated rings. The summed E-state index contributed by atoms with van der Waals surface area (Å²) in [7, 11) is 0. The highest BCUT2D eigenvalue weighted by molar-refractivity contribution is 9.10. The second-order valence-corrected chi connectivity index (χ2v) is 7.33. The van der Waals surface area contributed by atoms with Gasteiger partial charge < -0.3 is 0 Å². The van der Waals surface area contributed by atoms with Gasteiger partial charge in [-0.2, -0.15) is 5.10 Å². The number of nitrogens with zero attached hydrogens (tertiary/aromatic N) is 3. The van der Waals surface area contributed by atoms with Gasteiger partial charge in [0, 0.05) is 37.2 Å². The molecule has 0 spiro atoms. The Morgan fingerprint density at radius 3 is 2.42 bits per heavy atom. The highest BCUT2D eigenvalue weighted by Gasteiger charge is 2.16. The summed E-state index contributed by atoms with van der Waals surface area (Å²) in [6.45, 7) is 9.33. The first-order valence-electron chi connectivity index (χ1n) is 8.44. The molecule has 2 aromatic carbocycles. The number of benzene rings is 2. The zero-order chi connectivity index (χ0) is 16.9. The average Bonchev–Trinajstić information content (AvgIpc) is 2.59. The van der Waals surface area contributed by atoms with E-state index in [2.05, 4.69) is 82.2 Å². The molecule has 0 saturated carbocycles. The maximum atomic E-state index is 4.80. The third-order valence-electron chi connectivity index (χ3n) is 4.41. The summed E-state index contributed by atoms with van der Waals surface area (Å²) in [5, 5.41) is 7.00. The van der Waals surface area contributed by atoms with Crippen LogP contribution in [0.3, 0.4) is 0 Å². The van der Waals surface area contributed by atoms with Crippen LogP contribution in [0.15, 0.2) is 58.1 Å². The lowest BCUT2D eigenvalue weighted by Crippen LogP contribution is -2.43. The Morgan fingerprint density at radius 1 is 1.04 bits per heavy atom. The first-order chi connectivity index (χ1) is 11.6. The Balaban J connectivity index is 1.55. The van der Waals surface area contributed by atoms with E-state index in [-0.39, 0.29) is 0 Å². The first-order valence-corrected chi connectivity index (χ1v) is 9.23. The van der Waals surface area contributed by atoms with Gasteiger partial charge >= 0.3 is 0 Å². The second kappa shape index (κ2) is 7.95. The summed E-state index contributed by atoms with van der Waals surface area (Å²) in [6.07, 6.45) is 0. The fraction of sp³-hybridized carbons (Fsp3) is 0.350. The average molecular weight is 386 g/mol. The molecule has 0 radical (unpaired) electrons. The Bertz CT molecular complexity index is 701. The van der Waals surface area contributed by atoms with Crippen molar-refractivity contribution < 1.29 is 0 Å². The molecule has 0 unspecified atom stereocenters. The van der Waals surface area contributed by atoms with Crippen LogP contribution >= 0.6 is 15.9 Å². The molecule has 126 valence electrons. The van der Waals surface area contributed by atoms with Gasteiger partial charge in [-0.25, -0.2) is 0 Å². The molecule has 0 aromatic heterocycles. The topological polar surface area (TPSA) is 18.8 Å². The van der Waals surface area contributed by atoms with Crippen LogP contribution in [-0.4, -0.2) is 41.8 Å². The van der Waals surface area contributed by atoms with Gasteiger partial charge in [-0.1, -0.05) is 57.9 Å². The van der Waals surface area contributed by atoms with Crippen LogP contribution in [0.2, 0.25) is 0 Å². The quantitative estimate of drug-likeness (QED) is 0.730. The number of rotatable bonds is 4.